The summed E-state index contributed by atoms with van der Waals surface area (Å²) < 4.78 is 21.0. The molecule has 0 aliphatic carbocycles. The van der Waals surface area contributed by atoms with Gasteiger partial charge in [0, 0.05) is 6.07 Å². The second-order valence-electron chi connectivity index (χ2n) is 6.83. The molecule has 0 saturated heterocycles. The molecule has 3 rings (SSSR count). The number of carbonyl (C=O) groups excluding carboxylic acids is 2. The minimum absolute atomic E-state index is 0.0171. The van der Waals surface area contributed by atoms with E-state index in [2.05, 4.69) is 10.4 Å². The van der Waals surface area contributed by atoms with Crippen LogP contribution in [0.1, 0.15) is 34.2 Å². The molecule has 2 aromatic carbocycles. The highest BCUT2D eigenvalue weighted by atomic mass is 19.1. The van der Waals surface area contributed by atoms with E-state index in [9.17, 15) is 14.0 Å². The summed E-state index contributed by atoms with van der Waals surface area (Å²) in [5.41, 5.74) is 4.10. The number of carbonyl (C=O) groups is 2. The van der Waals surface area contributed by atoms with Gasteiger partial charge in [0.15, 0.2) is 12.4 Å². The summed E-state index contributed by atoms with van der Waals surface area (Å²) in [5.74, 6) is -1.27. The molecule has 0 atom stereocenters. The number of amides is 1. The Morgan fingerprint density at radius 2 is 1.79 bits per heavy atom. The standard InChI is InChI=1S/C22H22FN3O3/c1-13-5-7-17(8-6-13)26-15(3)22(14(2)25-26)24-21(28)12-29-18-9-10-19(16(4)27)20(23)11-18/h5-11H,12H2,1-4H3,(H,24,28). The van der Waals surface area contributed by atoms with E-state index in [0.29, 0.717) is 11.4 Å². The number of benzene rings is 2. The molecule has 0 aliphatic heterocycles. The van der Waals surface area contributed by atoms with Crippen molar-refractivity contribution >= 4 is 17.4 Å². The molecule has 0 spiro atoms. The zero-order valence-corrected chi connectivity index (χ0v) is 16.7. The predicted octanol–water partition coefficient (Wildman–Crippen LogP) is 4.16. The van der Waals surface area contributed by atoms with Crippen molar-refractivity contribution < 1.29 is 18.7 Å². The number of aryl methyl sites for hydroxylation is 2. The first-order chi connectivity index (χ1) is 13.8. The quantitative estimate of drug-likeness (QED) is 0.636. The van der Waals surface area contributed by atoms with Gasteiger partial charge in [-0.15, -0.1) is 0 Å². The summed E-state index contributed by atoms with van der Waals surface area (Å²) in [6.07, 6.45) is 0. The number of ether oxygens (including phenoxy) is 1. The fourth-order valence-electron chi connectivity index (χ4n) is 2.96. The predicted molar refractivity (Wildman–Crippen MR) is 108 cm³/mol. The second kappa shape index (κ2) is 8.26. The van der Waals surface area contributed by atoms with Gasteiger partial charge in [0.25, 0.3) is 5.91 Å². The zero-order chi connectivity index (χ0) is 21.1. The van der Waals surface area contributed by atoms with Gasteiger partial charge in [0.1, 0.15) is 11.6 Å². The molecule has 150 valence electrons. The zero-order valence-electron chi connectivity index (χ0n) is 16.7. The van der Waals surface area contributed by atoms with Crippen LogP contribution in [0.15, 0.2) is 42.5 Å². The third kappa shape index (κ3) is 4.51. The van der Waals surface area contributed by atoms with E-state index in [1.165, 1.54) is 19.1 Å². The van der Waals surface area contributed by atoms with Crippen LogP contribution in [0.2, 0.25) is 0 Å². The SMILES string of the molecule is CC(=O)c1ccc(OCC(=O)Nc2c(C)nn(-c3ccc(C)cc3)c2C)cc1F. The fourth-order valence-corrected chi connectivity index (χ4v) is 2.96. The summed E-state index contributed by atoms with van der Waals surface area (Å²) in [7, 11) is 0. The van der Waals surface area contributed by atoms with Gasteiger partial charge in [-0.2, -0.15) is 5.10 Å². The Hall–Kier alpha value is -3.48. The van der Waals surface area contributed by atoms with Crippen LogP contribution in [-0.2, 0) is 4.79 Å². The lowest BCUT2D eigenvalue weighted by molar-refractivity contribution is -0.118. The highest BCUT2D eigenvalue weighted by Gasteiger charge is 2.16. The first-order valence-electron chi connectivity index (χ1n) is 9.12. The van der Waals surface area contributed by atoms with Crippen LogP contribution >= 0.6 is 0 Å². The molecule has 1 heterocycles. The molecule has 0 saturated carbocycles. The lowest BCUT2D eigenvalue weighted by Crippen LogP contribution is -2.21. The number of aromatic nitrogens is 2. The summed E-state index contributed by atoms with van der Waals surface area (Å²) in [5, 5.41) is 7.30. The molecular formula is C22H22FN3O3. The fraction of sp³-hybridized carbons (Fsp3) is 0.227. The normalized spacial score (nSPS) is 10.7. The first-order valence-corrected chi connectivity index (χ1v) is 9.12. The Labute approximate surface area is 168 Å². The molecule has 0 bridgehead atoms. The number of rotatable bonds is 6. The van der Waals surface area contributed by atoms with E-state index >= 15 is 0 Å². The summed E-state index contributed by atoms with van der Waals surface area (Å²) in [4.78, 5) is 23.6. The molecule has 1 amide bonds. The van der Waals surface area contributed by atoms with Gasteiger partial charge in [-0.1, -0.05) is 17.7 Å². The lowest BCUT2D eigenvalue weighted by Gasteiger charge is -2.09. The number of halogens is 1. The van der Waals surface area contributed by atoms with Crippen molar-refractivity contribution in [2.75, 3.05) is 11.9 Å². The molecule has 1 aromatic heterocycles. The van der Waals surface area contributed by atoms with Crippen molar-refractivity contribution in [1.29, 1.82) is 0 Å². The van der Waals surface area contributed by atoms with Crippen LogP contribution in [0.25, 0.3) is 5.69 Å². The first kappa shape index (κ1) is 20.3. The van der Waals surface area contributed by atoms with E-state index in [4.69, 9.17) is 4.74 Å². The third-order valence-corrected chi connectivity index (χ3v) is 4.52. The molecule has 0 radical (unpaired) electrons. The number of anilines is 1. The van der Waals surface area contributed by atoms with Crippen LogP contribution in [0.4, 0.5) is 10.1 Å². The van der Waals surface area contributed by atoms with Gasteiger partial charge in [-0.05, 0) is 52.0 Å². The van der Waals surface area contributed by atoms with E-state index < -0.39 is 11.7 Å². The minimum atomic E-state index is -0.679. The van der Waals surface area contributed by atoms with Crippen molar-refractivity contribution in [3.05, 3.63) is 70.8 Å². The highest BCUT2D eigenvalue weighted by Crippen LogP contribution is 2.23. The van der Waals surface area contributed by atoms with Crippen molar-refractivity contribution in [1.82, 2.24) is 9.78 Å². The van der Waals surface area contributed by atoms with Crippen LogP contribution in [0.3, 0.4) is 0 Å². The molecule has 0 aliphatic rings. The summed E-state index contributed by atoms with van der Waals surface area (Å²) in [6.45, 7) is 6.67. The van der Waals surface area contributed by atoms with Crippen LogP contribution in [0.5, 0.6) is 5.75 Å². The van der Waals surface area contributed by atoms with Crippen LogP contribution in [0, 0.1) is 26.6 Å². The van der Waals surface area contributed by atoms with Crippen molar-refractivity contribution in [2.24, 2.45) is 0 Å². The van der Waals surface area contributed by atoms with E-state index in [1.54, 1.807) is 4.68 Å². The average Bonchev–Trinajstić information content (AvgIpc) is 2.95. The lowest BCUT2D eigenvalue weighted by atomic mass is 10.1. The van der Waals surface area contributed by atoms with Crippen molar-refractivity contribution in [3.8, 4) is 11.4 Å². The van der Waals surface area contributed by atoms with Gasteiger partial charge < -0.3 is 10.1 Å². The molecule has 0 unspecified atom stereocenters. The number of ketones is 1. The maximum Gasteiger partial charge on any atom is 0.262 e. The number of Topliss-reactive ketones (excluding diaryl/α,β-unsaturated/α-hetero) is 1. The van der Waals surface area contributed by atoms with Crippen LogP contribution < -0.4 is 10.1 Å². The summed E-state index contributed by atoms with van der Waals surface area (Å²) in [6, 6.07) is 11.8. The second-order valence-corrected chi connectivity index (χ2v) is 6.83. The van der Waals surface area contributed by atoms with Gasteiger partial charge in [-0.25, -0.2) is 9.07 Å². The van der Waals surface area contributed by atoms with Gasteiger partial charge in [0.05, 0.1) is 28.3 Å². The Kier molecular flexibility index (Phi) is 5.77. The third-order valence-electron chi connectivity index (χ3n) is 4.52. The Morgan fingerprint density at radius 1 is 1.10 bits per heavy atom. The van der Waals surface area contributed by atoms with Crippen LogP contribution in [-0.4, -0.2) is 28.1 Å². The number of nitrogens with one attached hydrogen (secondary N) is 1. The smallest absolute Gasteiger partial charge is 0.262 e. The Morgan fingerprint density at radius 3 is 2.41 bits per heavy atom. The molecule has 1 N–H and O–H groups in total. The average molecular weight is 395 g/mol. The largest absolute Gasteiger partial charge is 0.484 e. The van der Waals surface area contributed by atoms with E-state index in [0.717, 1.165) is 23.0 Å². The minimum Gasteiger partial charge on any atom is -0.484 e. The molecule has 3 aromatic rings. The molecule has 7 heteroatoms. The van der Waals surface area contributed by atoms with Crippen molar-refractivity contribution in [3.63, 3.8) is 0 Å². The number of hydrogen-bond acceptors (Lipinski definition) is 4. The Balaban J connectivity index is 1.69. The maximum absolute atomic E-state index is 13.9. The highest BCUT2D eigenvalue weighted by molar-refractivity contribution is 5.94. The molecule has 0 fully saturated rings. The molecule has 29 heavy (non-hydrogen) atoms. The summed E-state index contributed by atoms with van der Waals surface area (Å²) >= 11 is 0. The molecule has 6 nitrogen and oxygen atoms in total. The van der Waals surface area contributed by atoms with Crippen molar-refractivity contribution in [2.45, 2.75) is 27.7 Å². The van der Waals surface area contributed by atoms with E-state index in [-0.39, 0.29) is 23.7 Å². The topological polar surface area (TPSA) is 73.2 Å². The molecular weight excluding hydrogens is 373 g/mol. The van der Waals surface area contributed by atoms with Gasteiger partial charge in [0.2, 0.25) is 0 Å². The monoisotopic (exact) mass is 395 g/mol. The van der Waals surface area contributed by atoms with Gasteiger partial charge >= 0.3 is 0 Å². The number of nitrogens with zero attached hydrogens (tertiary/aromatic N) is 2. The maximum atomic E-state index is 13.9. The number of hydrogen-bond donors (Lipinski definition) is 1. The van der Waals surface area contributed by atoms with E-state index in [1.807, 2.05) is 45.0 Å². The Bertz CT molecular complexity index is 1070. The van der Waals surface area contributed by atoms with Gasteiger partial charge in [-0.3, -0.25) is 9.59 Å².